The highest BCUT2D eigenvalue weighted by atomic mass is 79.9. The van der Waals surface area contributed by atoms with Crippen LogP contribution in [0, 0.1) is 5.82 Å². The van der Waals surface area contributed by atoms with Gasteiger partial charge in [0.2, 0.25) is 0 Å². The van der Waals surface area contributed by atoms with Gasteiger partial charge < -0.3 is 4.74 Å². The first-order valence-corrected chi connectivity index (χ1v) is 10.8. The Morgan fingerprint density at radius 1 is 1.26 bits per heavy atom. The van der Waals surface area contributed by atoms with Crippen molar-refractivity contribution in [3.05, 3.63) is 67.2 Å². The molecule has 2 aromatic carbocycles. The van der Waals surface area contributed by atoms with Gasteiger partial charge in [-0.05, 0) is 68.6 Å². The molecule has 0 aromatic heterocycles. The average molecular weight is 531 g/mol. The van der Waals surface area contributed by atoms with Crippen LogP contribution in [0.5, 0.6) is 5.75 Å². The van der Waals surface area contributed by atoms with Crippen LogP contribution in [-0.2, 0) is 11.4 Å². The summed E-state index contributed by atoms with van der Waals surface area (Å²) in [5, 5.41) is 0. The number of hydrogen-bond donors (Lipinski definition) is 0. The van der Waals surface area contributed by atoms with Crippen LogP contribution >= 0.6 is 55.8 Å². The van der Waals surface area contributed by atoms with Crippen molar-refractivity contribution >= 4 is 72.1 Å². The summed E-state index contributed by atoms with van der Waals surface area (Å²) in [6, 6.07) is 10.2. The second kappa shape index (κ2) is 8.86. The van der Waals surface area contributed by atoms with E-state index in [9.17, 15) is 9.18 Å². The maximum Gasteiger partial charge on any atom is 0.266 e. The number of hydrogen-bond acceptors (Lipinski definition) is 4. The molecule has 3 rings (SSSR count). The van der Waals surface area contributed by atoms with Crippen LogP contribution < -0.4 is 4.74 Å². The third-order valence-electron chi connectivity index (χ3n) is 3.84. The molecule has 8 heteroatoms. The summed E-state index contributed by atoms with van der Waals surface area (Å²) in [5.74, 6) is 0.176. The van der Waals surface area contributed by atoms with E-state index in [1.54, 1.807) is 29.2 Å². The van der Waals surface area contributed by atoms with Crippen LogP contribution in [0.2, 0.25) is 0 Å². The van der Waals surface area contributed by atoms with E-state index < -0.39 is 0 Å². The lowest BCUT2D eigenvalue weighted by molar-refractivity contribution is -0.121. The normalized spacial score (nSPS) is 15.7. The summed E-state index contributed by atoms with van der Waals surface area (Å²) in [5.41, 5.74) is 1.30. The SMILES string of the molecule is CCN1C(=O)/C(=C\c2cc(Br)c(OCc3ccccc3F)c(Br)c2)SC1=S. The van der Waals surface area contributed by atoms with Gasteiger partial charge in [-0.25, -0.2) is 4.39 Å². The maximum atomic E-state index is 13.8. The lowest BCUT2D eigenvalue weighted by Crippen LogP contribution is -2.27. The molecule has 1 saturated heterocycles. The highest BCUT2D eigenvalue weighted by Crippen LogP contribution is 2.38. The Kier molecular flexibility index (Phi) is 6.73. The molecule has 27 heavy (non-hydrogen) atoms. The van der Waals surface area contributed by atoms with Crippen molar-refractivity contribution in [2.24, 2.45) is 0 Å². The minimum absolute atomic E-state index is 0.0837. The maximum absolute atomic E-state index is 13.8. The van der Waals surface area contributed by atoms with Gasteiger partial charge >= 0.3 is 0 Å². The zero-order valence-electron chi connectivity index (χ0n) is 14.2. The molecule has 0 saturated carbocycles. The van der Waals surface area contributed by atoms with Gasteiger partial charge in [-0.2, -0.15) is 0 Å². The summed E-state index contributed by atoms with van der Waals surface area (Å²) in [7, 11) is 0. The van der Waals surface area contributed by atoms with Crippen molar-refractivity contribution in [2.45, 2.75) is 13.5 Å². The number of amides is 1. The Balaban J connectivity index is 1.81. The molecule has 1 fully saturated rings. The summed E-state index contributed by atoms with van der Waals surface area (Å²) < 4.78 is 21.5. The van der Waals surface area contributed by atoms with Crippen molar-refractivity contribution in [1.82, 2.24) is 4.90 Å². The molecule has 0 spiro atoms. The quantitative estimate of drug-likeness (QED) is 0.342. The molecule has 0 bridgehead atoms. The van der Waals surface area contributed by atoms with E-state index in [0.29, 0.717) is 36.0 Å². The van der Waals surface area contributed by atoms with Gasteiger partial charge in [0, 0.05) is 12.1 Å². The molecule has 1 heterocycles. The fourth-order valence-electron chi connectivity index (χ4n) is 2.49. The smallest absolute Gasteiger partial charge is 0.266 e. The van der Waals surface area contributed by atoms with Crippen LogP contribution in [-0.4, -0.2) is 21.7 Å². The van der Waals surface area contributed by atoms with Gasteiger partial charge in [0.25, 0.3) is 5.91 Å². The Hall–Kier alpha value is -1.22. The lowest BCUT2D eigenvalue weighted by atomic mass is 10.2. The lowest BCUT2D eigenvalue weighted by Gasteiger charge is -2.12. The molecule has 0 atom stereocenters. The van der Waals surface area contributed by atoms with Gasteiger partial charge in [-0.3, -0.25) is 9.69 Å². The number of thioether (sulfide) groups is 1. The van der Waals surface area contributed by atoms with E-state index in [4.69, 9.17) is 17.0 Å². The average Bonchev–Trinajstić information content (AvgIpc) is 2.88. The predicted molar refractivity (Wildman–Crippen MR) is 118 cm³/mol. The van der Waals surface area contributed by atoms with Crippen molar-refractivity contribution < 1.29 is 13.9 Å². The predicted octanol–water partition coefficient (Wildman–Crippen LogP) is 6.15. The molecule has 0 aliphatic carbocycles. The fourth-order valence-corrected chi connectivity index (χ4v) is 5.33. The number of likely N-dealkylation sites (N-methyl/N-ethyl adjacent to an activating group) is 1. The molecule has 0 N–H and O–H groups in total. The zero-order chi connectivity index (χ0) is 19.6. The van der Waals surface area contributed by atoms with E-state index in [2.05, 4.69) is 31.9 Å². The summed E-state index contributed by atoms with van der Waals surface area (Å²) >= 11 is 13.5. The third kappa shape index (κ3) is 4.62. The largest absolute Gasteiger partial charge is 0.486 e. The van der Waals surface area contributed by atoms with E-state index in [0.717, 1.165) is 5.56 Å². The minimum atomic E-state index is -0.306. The van der Waals surface area contributed by atoms with Crippen LogP contribution in [0.1, 0.15) is 18.1 Å². The number of thiocarbonyl (C=S) groups is 1. The second-order valence-electron chi connectivity index (χ2n) is 5.62. The van der Waals surface area contributed by atoms with Crippen molar-refractivity contribution in [3.63, 3.8) is 0 Å². The van der Waals surface area contributed by atoms with Gasteiger partial charge in [0.1, 0.15) is 22.5 Å². The van der Waals surface area contributed by atoms with Gasteiger partial charge in [-0.1, -0.05) is 42.2 Å². The number of ether oxygens (including phenoxy) is 1. The van der Waals surface area contributed by atoms with Crippen molar-refractivity contribution in [2.75, 3.05) is 6.54 Å². The van der Waals surface area contributed by atoms with Crippen LogP contribution in [0.25, 0.3) is 6.08 Å². The second-order valence-corrected chi connectivity index (χ2v) is 9.00. The van der Waals surface area contributed by atoms with Crippen LogP contribution in [0.15, 0.2) is 50.2 Å². The van der Waals surface area contributed by atoms with E-state index >= 15 is 0 Å². The Morgan fingerprint density at radius 2 is 1.93 bits per heavy atom. The molecule has 1 aliphatic rings. The molecule has 1 amide bonds. The molecule has 0 radical (unpaired) electrons. The number of carbonyl (C=O) groups excluding carboxylic acids is 1. The zero-order valence-corrected chi connectivity index (χ0v) is 19.0. The molecule has 140 valence electrons. The fraction of sp³-hybridized carbons (Fsp3) is 0.158. The Bertz CT molecular complexity index is 926. The van der Waals surface area contributed by atoms with Gasteiger partial charge in [0.05, 0.1) is 13.9 Å². The monoisotopic (exact) mass is 529 g/mol. The number of carbonyl (C=O) groups is 1. The first kappa shape index (κ1) is 20.5. The first-order chi connectivity index (χ1) is 12.9. The molecule has 2 aromatic rings. The topological polar surface area (TPSA) is 29.5 Å². The summed E-state index contributed by atoms with van der Waals surface area (Å²) in [4.78, 5) is 14.5. The first-order valence-electron chi connectivity index (χ1n) is 8.01. The van der Waals surface area contributed by atoms with Crippen molar-refractivity contribution in [3.8, 4) is 5.75 Å². The van der Waals surface area contributed by atoms with Gasteiger partial charge in [0.15, 0.2) is 0 Å². The van der Waals surface area contributed by atoms with E-state index in [-0.39, 0.29) is 18.3 Å². The molecule has 3 nitrogen and oxygen atoms in total. The number of rotatable bonds is 5. The minimum Gasteiger partial charge on any atom is -0.486 e. The Labute approximate surface area is 183 Å². The third-order valence-corrected chi connectivity index (χ3v) is 6.39. The number of benzene rings is 2. The standard InChI is InChI=1S/C19H14Br2FNO2S2/c1-2-23-18(24)16(27-19(23)26)9-11-7-13(20)17(14(21)8-11)25-10-12-5-3-4-6-15(12)22/h3-9H,2,10H2,1H3/b16-9+. The molecular formula is C19H14Br2FNO2S2. The highest BCUT2D eigenvalue weighted by Gasteiger charge is 2.30. The molecule has 1 aliphatic heterocycles. The highest BCUT2D eigenvalue weighted by molar-refractivity contribution is 9.11. The number of halogens is 3. The number of nitrogens with zero attached hydrogens (tertiary/aromatic N) is 1. The summed E-state index contributed by atoms with van der Waals surface area (Å²) in [6.45, 7) is 2.55. The van der Waals surface area contributed by atoms with E-state index in [1.165, 1.54) is 17.8 Å². The Morgan fingerprint density at radius 3 is 2.52 bits per heavy atom. The summed E-state index contributed by atoms with van der Waals surface area (Å²) in [6.07, 6.45) is 1.80. The van der Waals surface area contributed by atoms with Crippen LogP contribution in [0.4, 0.5) is 4.39 Å². The van der Waals surface area contributed by atoms with Crippen molar-refractivity contribution in [1.29, 1.82) is 0 Å². The van der Waals surface area contributed by atoms with E-state index in [1.807, 2.05) is 19.1 Å². The van der Waals surface area contributed by atoms with Gasteiger partial charge in [-0.15, -0.1) is 0 Å². The van der Waals surface area contributed by atoms with Crippen LogP contribution in [0.3, 0.4) is 0 Å². The molecule has 0 unspecified atom stereocenters. The molecular weight excluding hydrogens is 517 g/mol.